The molecule has 126 valence electrons. The molecular formula is C17H35NO3. The maximum atomic E-state index is 11.8. The summed E-state index contributed by atoms with van der Waals surface area (Å²) in [7, 11) is 0. The van der Waals surface area contributed by atoms with E-state index in [0.717, 1.165) is 12.8 Å². The van der Waals surface area contributed by atoms with Crippen LogP contribution in [0.1, 0.15) is 84.5 Å². The largest absolute Gasteiger partial charge is 0.394 e. The summed E-state index contributed by atoms with van der Waals surface area (Å²) in [5.74, 6) is -0.0668. The summed E-state index contributed by atoms with van der Waals surface area (Å²) in [6, 6.07) is 0. The Morgan fingerprint density at radius 2 is 1.33 bits per heavy atom. The number of aliphatic hydroxyl groups excluding tert-OH is 2. The number of carbonyl (C=O) groups excluding carboxylic acids is 1. The van der Waals surface area contributed by atoms with Gasteiger partial charge < -0.3 is 15.5 Å². The zero-order chi connectivity index (χ0) is 16.0. The van der Waals surface area contributed by atoms with E-state index in [4.69, 9.17) is 0 Å². The molecule has 0 bridgehead atoms. The van der Waals surface area contributed by atoms with E-state index in [9.17, 15) is 15.0 Å². The van der Waals surface area contributed by atoms with Crippen LogP contribution in [0.2, 0.25) is 0 Å². The molecule has 0 radical (unpaired) electrons. The summed E-state index contributed by atoms with van der Waals surface area (Å²) < 4.78 is 0. The minimum atomic E-state index is -0.851. The number of unbranched alkanes of at least 4 members (excludes halogenated alkanes) is 8. The lowest BCUT2D eigenvalue weighted by Gasteiger charge is -2.29. The van der Waals surface area contributed by atoms with Crippen LogP contribution in [-0.4, -0.2) is 34.9 Å². The van der Waals surface area contributed by atoms with Gasteiger partial charge in [0.05, 0.1) is 18.8 Å². The van der Waals surface area contributed by atoms with Gasteiger partial charge in [0.25, 0.3) is 0 Å². The van der Waals surface area contributed by atoms with Crippen LogP contribution in [0.3, 0.4) is 0 Å². The average molecular weight is 301 g/mol. The Morgan fingerprint density at radius 3 is 1.76 bits per heavy atom. The van der Waals surface area contributed by atoms with Crippen molar-refractivity contribution >= 4 is 5.91 Å². The molecule has 21 heavy (non-hydrogen) atoms. The topological polar surface area (TPSA) is 69.6 Å². The van der Waals surface area contributed by atoms with Gasteiger partial charge in [-0.05, 0) is 12.8 Å². The highest BCUT2D eigenvalue weighted by molar-refractivity contribution is 5.76. The van der Waals surface area contributed by atoms with Gasteiger partial charge in [-0.25, -0.2) is 0 Å². The van der Waals surface area contributed by atoms with Crippen molar-refractivity contribution in [3.05, 3.63) is 0 Å². The molecule has 1 amide bonds. The van der Waals surface area contributed by atoms with Crippen molar-refractivity contribution < 1.29 is 15.0 Å². The molecule has 0 aliphatic carbocycles. The molecule has 0 spiro atoms. The fraction of sp³-hybridized carbons (Fsp3) is 0.941. The molecule has 0 aromatic carbocycles. The maximum absolute atomic E-state index is 11.8. The van der Waals surface area contributed by atoms with Crippen molar-refractivity contribution in [3.63, 3.8) is 0 Å². The number of hydrogen-bond acceptors (Lipinski definition) is 3. The first-order valence-electron chi connectivity index (χ1n) is 8.67. The second-order valence-electron chi connectivity index (χ2n) is 6.08. The normalized spacial score (nSPS) is 11.6. The Balaban J connectivity index is 3.58. The van der Waals surface area contributed by atoms with Gasteiger partial charge in [0.1, 0.15) is 0 Å². The zero-order valence-electron chi connectivity index (χ0n) is 14.0. The molecule has 0 aromatic heterocycles. The van der Waals surface area contributed by atoms with E-state index in [1.165, 1.54) is 44.9 Å². The Kier molecular flexibility index (Phi) is 12.7. The van der Waals surface area contributed by atoms with Crippen LogP contribution in [-0.2, 0) is 4.79 Å². The lowest BCUT2D eigenvalue weighted by molar-refractivity contribution is -0.124. The second kappa shape index (κ2) is 13.1. The van der Waals surface area contributed by atoms with Gasteiger partial charge in [0.15, 0.2) is 0 Å². The van der Waals surface area contributed by atoms with E-state index in [2.05, 4.69) is 12.2 Å². The first-order valence-corrected chi connectivity index (χ1v) is 8.67. The molecule has 3 N–H and O–H groups in total. The summed E-state index contributed by atoms with van der Waals surface area (Å²) in [6.07, 6.45) is 12.1. The minimum Gasteiger partial charge on any atom is -0.394 e. The van der Waals surface area contributed by atoms with E-state index < -0.39 is 5.54 Å². The number of hydrogen-bond donors (Lipinski definition) is 3. The molecule has 4 nitrogen and oxygen atoms in total. The van der Waals surface area contributed by atoms with Gasteiger partial charge in [-0.15, -0.1) is 0 Å². The number of rotatable bonds is 14. The van der Waals surface area contributed by atoms with Crippen LogP contribution in [0.5, 0.6) is 0 Å². The Bertz CT molecular complexity index is 244. The van der Waals surface area contributed by atoms with Crippen LogP contribution in [0.15, 0.2) is 0 Å². The van der Waals surface area contributed by atoms with E-state index >= 15 is 0 Å². The first-order chi connectivity index (χ1) is 10.1. The van der Waals surface area contributed by atoms with Crippen molar-refractivity contribution in [2.45, 2.75) is 90.0 Å². The third-order valence-corrected chi connectivity index (χ3v) is 4.19. The van der Waals surface area contributed by atoms with Crippen LogP contribution in [0, 0.1) is 0 Å². The van der Waals surface area contributed by atoms with Gasteiger partial charge in [0, 0.05) is 6.42 Å². The van der Waals surface area contributed by atoms with Gasteiger partial charge in [0.2, 0.25) is 5.91 Å². The highest BCUT2D eigenvalue weighted by Gasteiger charge is 2.27. The number of aliphatic hydroxyl groups is 2. The predicted octanol–water partition coefficient (Wildman–Crippen LogP) is 3.16. The van der Waals surface area contributed by atoms with E-state index in [1.54, 1.807) is 0 Å². The van der Waals surface area contributed by atoms with Crippen molar-refractivity contribution in [2.75, 3.05) is 13.2 Å². The van der Waals surface area contributed by atoms with Crippen LogP contribution in [0.4, 0.5) is 0 Å². The van der Waals surface area contributed by atoms with E-state index in [-0.39, 0.29) is 19.1 Å². The highest BCUT2D eigenvalue weighted by atomic mass is 16.3. The van der Waals surface area contributed by atoms with E-state index in [1.807, 2.05) is 6.92 Å². The molecule has 0 heterocycles. The van der Waals surface area contributed by atoms with Gasteiger partial charge >= 0.3 is 0 Å². The van der Waals surface area contributed by atoms with Gasteiger partial charge in [-0.3, -0.25) is 4.79 Å². The van der Waals surface area contributed by atoms with Crippen LogP contribution >= 0.6 is 0 Å². The molecule has 0 aliphatic heterocycles. The molecular weight excluding hydrogens is 266 g/mol. The van der Waals surface area contributed by atoms with Crippen LogP contribution < -0.4 is 5.32 Å². The van der Waals surface area contributed by atoms with Crippen molar-refractivity contribution in [2.24, 2.45) is 0 Å². The quantitative estimate of drug-likeness (QED) is 0.432. The van der Waals surface area contributed by atoms with Gasteiger partial charge in [-0.2, -0.15) is 0 Å². The van der Waals surface area contributed by atoms with Crippen molar-refractivity contribution in [1.29, 1.82) is 0 Å². The zero-order valence-corrected chi connectivity index (χ0v) is 14.0. The second-order valence-corrected chi connectivity index (χ2v) is 6.08. The Hall–Kier alpha value is -0.610. The highest BCUT2D eigenvalue weighted by Crippen LogP contribution is 2.12. The van der Waals surface area contributed by atoms with Crippen LogP contribution in [0.25, 0.3) is 0 Å². The summed E-state index contributed by atoms with van der Waals surface area (Å²) in [5, 5.41) is 21.3. The third kappa shape index (κ3) is 9.86. The smallest absolute Gasteiger partial charge is 0.220 e. The molecule has 4 heteroatoms. The third-order valence-electron chi connectivity index (χ3n) is 4.19. The predicted molar refractivity (Wildman–Crippen MR) is 87.2 cm³/mol. The Morgan fingerprint density at radius 1 is 0.857 bits per heavy atom. The summed E-state index contributed by atoms with van der Waals surface area (Å²) in [4.78, 5) is 11.8. The van der Waals surface area contributed by atoms with Gasteiger partial charge in [-0.1, -0.05) is 65.2 Å². The molecule has 0 saturated carbocycles. The lowest BCUT2D eigenvalue weighted by atomic mass is 9.98. The summed E-state index contributed by atoms with van der Waals surface area (Å²) in [5.41, 5.74) is -0.851. The Labute approximate surface area is 130 Å². The molecule has 0 unspecified atom stereocenters. The monoisotopic (exact) mass is 301 g/mol. The molecule has 0 saturated heterocycles. The fourth-order valence-corrected chi connectivity index (χ4v) is 2.40. The summed E-state index contributed by atoms with van der Waals surface area (Å²) >= 11 is 0. The van der Waals surface area contributed by atoms with E-state index in [0.29, 0.717) is 12.8 Å². The van der Waals surface area contributed by atoms with Crippen molar-refractivity contribution in [1.82, 2.24) is 5.32 Å². The lowest BCUT2D eigenvalue weighted by Crippen LogP contribution is -2.53. The first kappa shape index (κ1) is 20.4. The molecule has 0 aliphatic rings. The minimum absolute atomic E-state index is 0.0668. The number of amides is 1. The molecule has 0 atom stereocenters. The fourth-order valence-electron chi connectivity index (χ4n) is 2.40. The molecule has 0 aromatic rings. The SMILES string of the molecule is CCCCCCCCCCCC(=O)NC(CC)(CO)CO. The number of nitrogens with one attached hydrogen (secondary N) is 1. The summed E-state index contributed by atoms with van der Waals surface area (Å²) in [6.45, 7) is 3.64. The molecule has 0 fully saturated rings. The number of carbonyl (C=O) groups is 1. The molecule has 0 rings (SSSR count). The average Bonchev–Trinajstić information content (AvgIpc) is 2.51. The van der Waals surface area contributed by atoms with Crippen molar-refractivity contribution in [3.8, 4) is 0 Å². The standard InChI is InChI=1S/C17H35NO3/c1-3-5-6-7-8-9-10-11-12-13-16(21)18-17(4-2,14-19)15-20/h19-20H,3-15H2,1-2H3,(H,18,21). The maximum Gasteiger partial charge on any atom is 0.220 e.